The zero-order chi connectivity index (χ0) is 24.9. The molecule has 0 fully saturated rings. The van der Waals surface area contributed by atoms with Gasteiger partial charge in [-0.15, -0.1) is 0 Å². The highest BCUT2D eigenvalue weighted by molar-refractivity contribution is 6.09. The Bertz CT molecular complexity index is 1180. The van der Waals surface area contributed by atoms with Crippen LogP contribution in [0.2, 0.25) is 0 Å². The first-order valence-corrected chi connectivity index (χ1v) is 10.6. The van der Waals surface area contributed by atoms with E-state index in [0.29, 0.717) is 17.7 Å². The molecule has 1 aromatic heterocycles. The molecule has 1 heterocycles. The van der Waals surface area contributed by atoms with Gasteiger partial charge in [-0.2, -0.15) is 13.2 Å². The second-order valence-corrected chi connectivity index (χ2v) is 7.60. The van der Waals surface area contributed by atoms with Gasteiger partial charge >= 0.3 is 6.18 Å². The molecule has 0 saturated carbocycles. The van der Waals surface area contributed by atoms with Gasteiger partial charge in [0.2, 0.25) is 0 Å². The van der Waals surface area contributed by atoms with Crippen LogP contribution in [0.5, 0.6) is 0 Å². The first-order chi connectivity index (χ1) is 16.2. The van der Waals surface area contributed by atoms with E-state index in [1.54, 1.807) is 12.1 Å². The molecular formula is C26H24F3N3O2. The lowest BCUT2D eigenvalue weighted by Gasteiger charge is -2.31. The Labute approximate surface area is 195 Å². The fraction of sp³-hybridized carbons (Fsp3) is 0.192. The summed E-state index contributed by atoms with van der Waals surface area (Å²) in [5.41, 5.74) is 2.02. The van der Waals surface area contributed by atoms with Crippen molar-refractivity contribution in [1.82, 2.24) is 4.98 Å². The van der Waals surface area contributed by atoms with Gasteiger partial charge in [0.15, 0.2) is 0 Å². The summed E-state index contributed by atoms with van der Waals surface area (Å²) in [6.07, 6.45) is 0.110. The van der Waals surface area contributed by atoms with Crippen molar-refractivity contribution in [2.24, 2.45) is 0 Å². The fourth-order valence-electron chi connectivity index (χ4n) is 3.66. The minimum atomic E-state index is -4.53. The number of alkyl halides is 3. The van der Waals surface area contributed by atoms with Crippen molar-refractivity contribution in [3.63, 3.8) is 0 Å². The van der Waals surface area contributed by atoms with E-state index in [0.717, 1.165) is 46.4 Å². The standard InChI is InChI=1S/C26H24F3N3O2/c1-4-18-9-6-8-17(3)23(18)31-25(34)24(19-10-7-15-30-16-19)32(22(33)5-2)21-13-11-20(12-14-21)26(27,28)29/h5-16,24H,2,4H2,1,3H3,(H,31,34). The molecule has 3 rings (SSSR count). The molecule has 0 aliphatic carbocycles. The maximum absolute atomic E-state index is 13.6. The second-order valence-electron chi connectivity index (χ2n) is 7.60. The van der Waals surface area contributed by atoms with Crippen molar-refractivity contribution < 1.29 is 22.8 Å². The summed E-state index contributed by atoms with van der Waals surface area (Å²) in [6.45, 7) is 7.32. The van der Waals surface area contributed by atoms with Crippen LogP contribution in [0.15, 0.2) is 79.6 Å². The van der Waals surface area contributed by atoms with Crippen LogP contribution in [0.3, 0.4) is 0 Å². The van der Waals surface area contributed by atoms with E-state index in [4.69, 9.17) is 0 Å². The number of para-hydroxylation sites is 1. The molecule has 1 unspecified atom stereocenters. The molecule has 1 atom stereocenters. The predicted molar refractivity (Wildman–Crippen MR) is 125 cm³/mol. The maximum atomic E-state index is 13.6. The molecule has 8 heteroatoms. The molecule has 2 aromatic carbocycles. The molecule has 0 saturated heterocycles. The van der Waals surface area contributed by atoms with E-state index >= 15 is 0 Å². The van der Waals surface area contributed by atoms with Crippen LogP contribution in [0.4, 0.5) is 24.5 Å². The molecule has 34 heavy (non-hydrogen) atoms. The van der Waals surface area contributed by atoms with Crippen molar-refractivity contribution in [2.75, 3.05) is 10.2 Å². The highest BCUT2D eigenvalue weighted by Gasteiger charge is 2.34. The highest BCUT2D eigenvalue weighted by Crippen LogP contribution is 2.34. The predicted octanol–water partition coefficient (Wildman–Crippen LogP) is 5.87. The van der Waals surface area contributed by atoms with Gasteiger partial charge in [0.1, 0.15) is 6.04 Å². The zero-order valence-corrected chi connectivity index (χ0v) is 18.8. The number of nitrogens with one attached hydrogen (secondary N) is 1. The summed E-state index contributed by atoms with van der Waals surface area (Å²) in [4.78, 5) is 31.8. The monoisotopic (exact) mass is 467 g/mol. The molecule has 0 aliphatic rings. The first kappa shape index (κ1) is 24.7. The van der Waals surface area contributed by atoms with E-state index in [1.165, 1.54) is 12.4 Å². The van der Waals surface area contributed by atoms with Gasteiger partial charge in [-0.1, -0.05) is 37.8 Å². The molecule has 0 radical (unpaired) electrons. The summed E-state index contributed by atoms with van der Waals surface area (Å²) in [7, 11) is 0. The van der Waals surface area contributed by atoms with Crippen LogP contribution in [0.25, 0.3) is 0 Å². The third-order valence-electron chi connectivity index (χ3n) is 5.38. The van der Waals surface area contributed by atoms with E-state index in [2.05, 4.69) is 16.9 Å². The lowest BCUT2D eigenvalue weighted by molar-refractivity contribution is -0.137. The Morgan fingerprint density at radius 3 is 2.38 bits per heavy atom. The van der Waals surface area contributed by atoms with Gasteiger partial charge < -0.3 is 5.32 Å². The summed E-state index contributed by atoms with van der Waals surface area (Å²) >= 11 is 0. The molecule has 5 nitrogen and oxygen atoms in total. The van der Waals surface area contributed by atoms with Crippen molar-refractivity contribution in [3.05, 3.63) is 102 Å². The Morgan fingerprint density at radius 2 is 1.82 bits per heavy atom. The van der Waals surface area contributed by atoms with Gasteiger partial charge in [0, 0.05) is 29.3 Å². The Balaban J connectivity index is 2.11. The largest absolute Gasteiger partial charge is 0.416 e. The number of pyridine rings is 1. The number of carbonyl (C=O) groups is 2. The number of benzene rings is 2. The van der Waals surface area contributed by atoms with Gasteiger partial charge in [-0.05, 0) is 60.9 Å². The van der Waals surface area contributed by atoms with Crippen LogP contribution in [0.1, 0.15) is 35.2 Å². The molecule has 0 aliphatic heterocycles. The quantitative estimate of drug-likeness (QED) is 0.442. The Morgan fingerprint density at radius 1 is 1.12 bits per heavy atom. The minimum absolute atomic E-state index is 0.113. The smallest absolute Gasteiger partial charge is 0.323 e. The lowest BCUT2D eigenvalue weighted by Crippen LogP contribution is -2.41. The summed E-state index contributed by atoms with van der Waals surface area (Å²) in [6, 6.07) is 11.7. The summed E-state index contributed by atoms with van der Waals surface area (Å²) < 4.78 is 39.2. The average Bonchev–Trinajstić information content (AvgIpc) is 2.83. The van der Waals surface area contributed by atoms with E-state index in [9.17, 15) is 22.8 Å². The normalized spacial score (nSPS) is 12.0. The molecule has 0 bridgehead atoms. The van der Waals surface area contributed by atoms with Crippen LogP contribution < -0.4 is 10.2 Å². The zero-order valence-electron chi connectivity index (χ0n) is 18.8. The molecule has 3 aromatic rings. The Kier molecular flexibility index (Phi) is 7.50. The van der Waals surface area contributed by atoms with Crippen molar-refractivity contribution in [3.8, 4) is 0 Å². The van der Waals surface area contributed by atoms with E-state index < -0.39 is 29.6 Å². The number of amides is 2. The van der Waals surface area contributed by atoms with Crippen molar-refractivity contribution >= 4 is 23.2 Å². The van der Waals surface area contributed by atoms with Gasteiger partial charge in [0.25, 0.3) is 11.8 Å². The first-order valence-electron chi connectivity index (χ1n) is 10.6. The number of anilines is 2. The minimum Gasteiger partial charge on any atom is -0.323 e. The molecule has 0 spiro atoms. The van der Waals surface area contributed by atoms with Crippen molar-refractivity contribution in [2.45, 2.75) is 32.5 Å². The second kappa shape index (κ2) is 10.3. The maximum Gasteiger partial charge on any atom is 0.416 e. The number of hydrogen-bond donors (Lipinski definition) is 1. The fourth-order valence-corrected chi connectivity index (χ4v) is 3.66. The number of hydrogen-bond acceptors (Lipinski definition) is 3. The average molecular weight is 467 g/mol. The summed E-state index contributed by atoms with van der Waals surface area (Å²) in [5, 5.41) is 2.92. The SMILES string of the molecule is C=CC(=O)N(c1ccc(C(F)(F)F)cc1)C(C(=O)Nc1c(C)cccc1CC)c1cccnc1. The van der Waals surface area contributed by atoms with Gasteiger partial charge in [-0.25, -0.2) is 0 Å². The van der Waals surface area contributed by atoms with Gasteiger partial charge in [-0.3, -0.25) is 19.5 Å². The van der Waals surface area contributed by atoms with E-state index in [1.807, 2.05) is 32.0 Å². The number of aryl methyl sites for hydroxylation is 2. The molecule has 1 N–H and O–H groups in total. The van der Waals surface area contributed by atoms with Crippen LogP contribution in [0, 0.1) is 6.92 Å². The number of carbonyl (C=O) groups excluding carboxylic acids is 2. The molecule has 2 amide bonds. The van der Waals surface area contributed by atoms with Crippen LogP contribution in [-0.4, -0.2) is 16.8 Å². The number of rotatable bonds is 7. The van der Waals surface area contributed by atoms with E-state index in [-0.39, 0.29) is 5.69 Å². The molecule has 176 valence electrons. The third kappa shape index (κ3) is 5.33. The highest BCUT2D eigenvalue weighted by atomic mass is 19.4. The van der Waals surface area contributed by atoms with Crippen LogP contribution in [-0.2, 0) is 22.2 Å². The Hall–Kier alpha value is -3.94. The topological polar surface area (TPSA) is 62.3 Å². The number of aromatic nitrogens is 1. The lowest BCUT2D eigenvalue weighted by atomic mass is 10.0. The van der Waals surface area contributed by atoms with Crippen LogP contribution >= 0.6 is 0 Å². The van der Waals surface area contributed by atoms with Gasteiger partial charge in [0.05, 0.1) is 5.56 Å². The number of halogens is 3. The number of nitrogens with zero attached hydrogens (tertiary/aromatic N) is 2. The van der Waals surface area contributed by atoms with Crippen molar-refractivity contribution in [1.29, 1.82) is 0 Å². The third-order valence-corrected chi connectivity index (χ3v) is 5.38. The summed E-state index contributed by atoms with van der Waals surface area (Å²) in [5.74, 6) is -1.18. The molecular weight excluding hydrogens is 443 g/mol.